The van der Waals surface area contributed by atoms with Crippen LogP contribution in [0.4, 0.5) is 0 Å². The number of ether oxygens (including phenoxy) is 1. The van der Waals surface area contributed by atoms with Crippen molar-refractivity contribution in [3.05, 3.63) is 42.0 Å². The number of unbranched alkanes of at least 4 members (excludes halogenated alkanes) is 1. The second-order valence-electron chi connectivity index (χ2n) is 3.30. The predicted octanol–water partition coefficient (Wildman–Crippen LogP) is 2.80. The van der Waals surface area contributed by atoms with Crippen LogP contribution in [-0.4, -0.2) is 13.2 Å². The van der Waals surface area contributed by atoms with Crippen molar-refractivity contribution in [2.75, 3.05) is 13.2 Å². The zero-order valence-corrected chi connectivity index (χ0v) is 9.28. The molecule has 0 saturated heterocycles. The molecule has 0 aliphatic carbocycles. The predicted molar refractivity (Wildman–Crippen MR) is 64.3 cm³/mol. The SMILES string of the molecule is CCOC(=CCCCN)c1ccccc1. The molecule has 1 aromatic rings. The van der Waals surface area contributed by atoms with Gasteiger partial charge >= 0.3 is 0 Å². The third-order valence-electron chi connectivity index (χ3n) is 2.10. The molecule has 15 heavy (non-hydrogen) atoms. The molecule has 0 atom stereocenters. The van der Waals surface area contributed by atoms with Gasteiger partial charge in [-0.2, -0.15) is 0 Å². The summed E-state index contributed by atoms with van der Waals surface area (Å²) in [6, 6.07) is 10.2. The van der Waals surface area contributed by atoms with E-state index in [4.69, 9.17) is 10.5 Å². The summed E-state index contributed by atoms with van der Waals surface area (Å²) in [5.41, 5.74) is 6.59. The van der Waals surface area contributed by atoms with Gasteiger partial charge in [-0.3, -0.25) is 0 Å². The number of nitrogens with two attached hydrogens (primary N) is 1. The molecule has 0 fully saturated rings. The highest BCUT2D eigenvalue weighted by atomic mass is 16.5. The second-order valence-corrected chi connectivity index (χ2v) is 3.30. The van der Waals surface area contributed by atoms with E-state index in [0.717, 1.165) is 30.7 Å². The summed E-state index contributed by atoms with van der Waals surface area (Å²) >= 11 is 0. The molecular weight excluding hydrogens is 186 g/mol. The highest BCUT2D eigenvalue weighted by molar-refractivity contribution is 5.59. The quantitative estimate of drug-likeness (QED) is 0.572. The van der Waals surface area contributed by atoms with Crippen molar-refractivity contribution in [2.24, 2.45) is 5.73 Å². The van der Waals surface area contributed by atoms with Crippen molar-refractivity contribution >= 4 is 5.76 Å². The molecule has 0 spiro atoms. The molecule has 0 aromatic heterocycles. The molecule has 0 aliphatic rings. The first-order chi connectivity index (χ1) is 7.38. The lowest BCUT2D eigenvalue weighted by Gasteiger charge is -2.08. The number of hydrogen-bond donors (Lipinski definition) is 1. The summed E-state index contributed by atoms with van der Waals surface area (Å²) in [7, 11) is 0. The van der Waals surface area contributed by atoms with Crippen LogP contribution in [0.2, 0.25) is 0 Å². The smallest absolute Gasteiger partial charge is 0.122 e. The Bertz CT molecular complexity index is 293. The molecule has 2 N–H and O–H groups in total. The molecule has 0 saturated carbocycles. The molecule has 2 heteroatoms. The Labute approximate surface area is 91.7 Å². The summed E-state index contributed by atoms with van der Waals surface area (Å²) in [6.07, 6.45) is 4.09. The Kier molecular flexibility index (Phi) is 5.56. The van der Waals surface area contributed by atoms with E-state index in [2.05, 4.69) is 18.2 Å². The van der Waals surface area contributed by atoms with Gasteiger partial charge in [0.25, 0.3) is 0 Å². The molecule has 1 rings (SSSR count). The monoisotopic (exact) mass is 205 g/mol. The number of rotatable bonds is 6. The van der Waals surface area contributed by atoms with Crippen molar-refractivity contribution in [1.29, 1.82) is 0 Å². The van der Waals surface area contributed by atoms with Crippen molar-refractivity contribution in [1.82, 2.24) is 0 Å². The van der Waals surface area contributed by atoms with Gasteiger partial charge in [-0.15, -0.1) is 0 Å². The third-order valence-corrected chi connectivity index (χ3v) is 2.10. The first-order valence-corrected chi connectivity index (χ1v) is 5.47. The summed E-state index contributed by atoms with van der Waals surface area (Å²) in [4.78, 5) is 0. The van der Waals surface area contributed by atoms with Crippen LogP contribution in [0.5, 0.6) is 0 Å². The number of hydrogen-bond acceptors (Lipinski definition) is 2. The van der Waals surface area contributed by atoms with E-state index in [1.807, 2.05) is 25.1 Å². The summed E-state index contributed by atoms with van der Waals surface area (Å²) in [5, 5.41) is 0. The molecular formula is C13H19NO. The lowest BCUT2D eigenvalue weighted by atomic mass is 10.1. The lowest BCUT2D eigenvalue weighted by molar-refractivity contribution is 0.297. The second kappa shape index (κ2) is 7.07. The van der Waals surface area contributed by atoms with E-state index in [9.17, 15) is 0 Å². The average Bonchev–Trinajstić information content (AvgIpc) is 2.29. The Morgan fingerprint density at radius 3 is 2.67 bits per heavy atom. The maximum absolute atomic E-state index is 5.59. The van der Waals surface area contributed by atoms with Gasteiger partial charge in [0.1, 0.15) is 5.76 Å². The van der Waals surface area contributed by atoms with E-state index >= 15 is 0 Å². The van der Waals surface area contributed by atoms with Crippen molar-refractivity contribution in [3.8, 4) is 0 Å². The normalized spacial score (nSPS) is 11.5. The fourth-order valence-electron chi connectivity index (χ4n) is 1.37. The van der Waals surface area contributed by atoms with E-state index in [1.54, 1.807) is 0 Å². The van der Waals surface area contributed by atoms with Gasteiger partial charge in [0.05, 0.1) is 6.61 Å². The van der Waals surface area contributed by atoms with Crippen molar-refractivity contribution in [3.63, 3.8) is 0 Å². The van der Waals surface area contributed by atoms with E-state index < -0.39 is 0 Å². The van der Waals surface area contributed by atoms with Crippen molar-refractivity contribution < 1.29 is 4.74 Å². The van der Waals surface area contributed by atoms with Crippen LogP contribution in [-0.2, 0) is 4.74 Å². The highest BCUT2D eigenvalue weighted by Gasteiger charge is 1.99. The third kappa shape index (κ3) is 4.17. The van der Waals surface area contributed by atoms with Crippen LogP contribution in [0.15, 0.2) is 36.4 Å². The minimum atomic E-state index is 0.698. The summed E-state index contributed by atoms with van der Waals surface area (Å²) in [6.45, 7) is 3.42. The van der Waals surface area contributed by atoms with Gasteiger partial charge < -0.3 is 10.5 Å². The summed E-state index contributed by atoms with van der Waals surface area (Å²) in [5.74, 6) is 0.964. The fraction of sp³-hybridized carbons (Fsp3) is 0.385. The van der Waals surface area contributed by atoms with Gasteiger partial charge in [0.2, 0.25) is 0 Å². The van der Waals surface area contributed by atoms with Crippen LogP contribution in [0.1, 0.15) is 25.3 Å². The van der Waals surface area contributed by atoms with E-state index in [-0.39, 0.29) is 0 Å². The van der Waals surface area contributed by atoms with E-state index in [1.165, 1.54) is 0 Å². The molecule has 0 radical (unpaired) electrons. The molecule has 2 nitrogen and oxygen atoms in total. The van der Waals surface area contributed by atoms with Crippen LogP contribution in [0.25, 0.3) is 5.76 Å². The average molecular weight is 205 g/mol. The largest absolute Gasteiger partial charge is 0.494 e. The van der Waals surface area contributed by atoms with Crippen LogP contribution >= 0.6 is 0 Å². The molecule has 0 unspecified atom stereocenters. The summed E-state index contributed by atoms with van der Waals surface area (Å²) < 4.78 is 5.59. The van der Waals surface area contributed by atoms with Crippen LogP contribution < -0.4 is 5.73 Å². The first-order valence-electron chi connectivity index (χ1n) is 5.47. The van der Waals surface area contributed by atoms with Gasteiger partial charge in [0.15, 0.2) is 0 Å². The molecule has 0 heterocycles. The fourth-order valence-corrected chi connectivity index (χ4v) is 1.37. The van der Waals surface area contributed by atoms with Gasteiger partial charge in [-0.25, -0.2) is 0 Å². The molecule has 1 aromatic carbocycles. The maximum atomic E-state index is 5.59. The Morgan fingerprint density at radius 1 is 1.33 bits per heavy atom. The molecule has 0 aliphatic heterocycles. The Hall–Kier alpha value is -1.28. The first kappa shape index (κ1) is 11.8. The zero-order valence-electron chi connectivity index (χ0n) is 9.28. The maximum Gasteiger partial charge on any atom is 0.122 e. The molecule has 82 valence electrons. The Balaban J connectivity index is 2.69. The van der Waals surface area contributed by atoms with Gasteiger partial charge in [-0.05, 0) is 32.4 Å². The standard InChI is InChI=1S/C13H19NO/c1-2-15-13(10-6-7-11-14)12-8-4-3-5-9-12/h3-5,8-10H,2,6-7,11,14H2,1H3. The minimum absolute atomic E-state index is 0.698. The topological polar surface area (TPSA) is 35.2 Å². The molecule has 0 bridgehead atoms. The number of benzene rings is 1. The lowest BCUT2D eigenvalue weighted by Crippen LogP contribution is -1.97. The van der Waals surface area contributed by atoms with Crippen molar-refractivity contribution in [2.45, 2.75) is 19.8 Å². The molecule has 0 amide bonds. The highest BCUT2D eigenvalue weighted by Crippen LogP contribution is 2.16. The van der Waals surface area contributed by atoms with Crippen LogP contribution in [0, 0.1) is 0 Å². The number of allylic oxidation sites excluding steroid dienone is 1. The minimum Gasteiger partial charge on any atom is -0.494 e. The van der Waals surface area contributed by atoms with Gasteiger partial charge in [0, 0.05) is 5.56 Å². The van der Waals surface area contributed by atoms with Gasteiger partial charge in [-0.1, -0.05) is 30.3 Å². The van der Waals surface area contributed by atoms with Crippen LogP contribution in [0.3, 0.4) is 0 Å². The zero-order chi connectivity index (χ0) is 10.9. The Morgan fingerprint density at radius 2 is 2.07 bits per heavy atom. The van der Waals surface area contributed by atoms with E-state index in [0.29, 0.717) is 6.61 Å².